The van der Waals surface area contributed by atoms with E-state index >= 15 is 0 Å². The average Bonchev–Trinajstić information content (AvgIpc) is 3.19. The number of carbonyl (C=O) groups is 1. The van der Waals surface area contributed by atoms with Crippen LogP contribution in [0, 0.1) is 0 Å². The van der Waals surface area contributed by atoms with Gasteiger partial charge in [0.2, 0.25) is 5.91 Å². The minimum absolute atomic E-state index is 0.0311. The number of carbonyl (C=O) groups excluding carboxylic acids is 1. The molecule has 2 heterocycles. The number of fused-ring (bicyclic) bond motifs is 3. The highest BCUT2D eigenvalue weighted by Crippen LogP contribution is 2.34. The zero-order chi connectivity index (χ0) is 17.4. The number of anilines is 1. The zero-order valence-electron chi connectivity index (χ0n) is 13.7. The molecule has 0 spiro atoms. The first-order valence-electron chi connectivity index (χ1n) is 8.09. The van der Waals surface area contributed by atoms with Gasteiger partial charge in [-0.3, -0.25) is 14.2 Å². The standard InChI is InChI=1S/C18H17N3O2S2/c1-24-12-7-5-11(6-8-12)20-15(22)9-21-10-19-17-16(18(21)23)13-3-2-4-14(13)25-17/h5-8,10H,2-4,9H2,1H3,(H,20,22). The van der Waals surface area contributed by atoms with E-state index in [0.717, 1.165) is 40.2 Å². The number of rotatable bonds is 4. The van der Waals surface area contributed by atoms with Crippen LogP contribution in [0.4, 0.5) is 5.69 Å². The van der Waals surface area contributed by atoms with Crippen LogP contribution in [0.1, 0.15) is 16.9 Å². The molecule has 1 aliphatic carbocycles. The van der Waals surface area contributed by atoms with Gasteiger partial charge in [-0.25, -0.2) is 4.98 Å². The highest BCUT2D eigenvalue weighted by Gasteiger charge is 2.21. The summed E-state index contributed by atoms with van der Waals surface area (Å²) >= 11 is 3.25. The zero-order valence-corrected chi connectivity index (χ0v) is 15.4. The molecule has 7 heteroatoms. The Morgan fingerprint density at radius 2 is 2.12 bits per heavy atom. The fourth-order valence-corrected chi connectivity index (χ4v) is 4.79. The van der Waals surface area contributed by atoms with Crippen LogP contribution in [0.3, 0.4) is 0 Å². The van der Waals surface area contributed by atoms with Crippen LogP contribution in [0.5, 0.6) is 0 Å². The molecule has 3 aromatic rings. The molecule has 1 aliphatic rings. The van der Waals surface area contributed by atoms with Gasteiger partial charge in [0.05, 0.1) is 11.7 Å². The molecule has 1 aromatic carbocycles. The number of hydrogen-bond acceptors (Lipinski definition) is 5. The maximum Gasteiger partial charge on any atom is 0.262 e. The Morgan fingerprint density at radius 3 is 2.88 bits per heavy atom. The third kappa shape index (κ3) is 3.09. The molecule has 2 aromatic heterocycles. The molecular weight excluding hydrogens is 354 g/mol. The van der Waals surface area contributed by atoms with Gasteiger partial charge in [0, 0.05) is 15.5 Å². The van der Waals surface area contributed by atoms with Gasteiger partial charge in [-0.05, 0) is 55.3 Å². The second-order valence-corrected chi connectivity index (χ2v) is 7.96. The predicted octanol–water partition coefficient (Wildman–Crippen LogP) is 3.31. The van der Waals surface area contributed by atoms with Crippen LogP contribution in [0.15, 0.2) is 40.3 Å². The van der Waals surface area contributed by atoms with Crippen molar-refractivity contribution >= 4 is 44.9 Å². The molecule has 0 aliphatic heterocycles. The van der Waals surface area contributed by atoms with Crippen LogP contribution in [-0.2, 0) is 24.2 Å². The van der Waals surface area contributed by atoms with Gasteiger partial charge in [-0.2, -0.15) is 0 Å². The van der Waals surface area contributed by atoms with Crippen LogP contribution < -0.4 is 10.9 Å². The van der Waals surface area contributed by atoms with Crippen molar-refractivity contribution in [3.8, 4) is 0 Å². The van der Waals surface area contributed by atoms with Crippen molar-refractivity contribution < 1.29 is 4.79 Å². The lowest BCUT2D eigenvalue weighted by atomic mass is 10.2. The van der Waals surface area contributed by atoms with Crippen molar-refractivity contribution in [1.82, 2.24) is 9.55 Å². The molecule has 0 saturated heterocycles. The van der Waals surface area contributed by atoms with E-state index in [-0.39, 0.29) is 18.0 Å². The van der Waals surface area contributed by atoms with Crippen LogP contribution in [-0.4, -0.2) is 21.7 Å². The number of thiophene rings is 1. The minimum Gasteiger partial charge on any atom is -0.325 e. The summed E-state index contributed by atoms with van der Waals surface area (Å²) in [6.45, 7) is -0.0311. The number of hydrogen-bond donors (Lipinski definition) is 1. The molecular formula is C18H17N3O2S2. The predicted molar refractivity (Wildman–Crippen MR) is 103 cm³/mol. The maximum atomic E-state index is 12.8. The van der Waals surface area contributed by atoms with Crippen molar-refractivity contribution in [2.75, 3.05) is 11.6 Å². The van der Waals surface area contributed by atoms with Gasteiger partial charge in [0.15, 0.2) is 0 Å². The normalized spacial score (nSPS) is 13.2. The minimum atomic E-state index is -0.230. The Bertz CT molecular complexity index is 1010. The molecule has 128 valence electrons. The van der Waals surface area contributed by atoms with Crippen molar-refractivity contribution in [1.29, 1.82) is 0 Å². The summed E-state index contributed by atoms with van der Waals surface area (Å²) in [6.07, 6.45) is 6.54. The van der Waals surface area contributed by atoms with Gasteiger partial charge in [0.25, 0.3) is 5.56 Å². The summed E-state index contributed by atoms with van der Waals surface area (Å²) in [5.41, 5.74) is 1.75. The van der Waals surface area contributed by atoms with E-state index in [0.29, 0.717) is 5.39 Å². The van der Waals surface area contributed by atoms with E-state index in [1.165, 1.54) is 15.8 Å². The second kappa shape index (κ2) is 6.65. The van der Waals surface area contributed by atoms with E-state index in [1.807, 2.05) is 30.5 Å². The molecule has 1 N–H and O–H groups in total. The van der Waals surface area contributed by atoms with Crippen molar-refractivity contribution in [3.05, 3.63) is 51.4 Å². The summed E-state index contributed by atoms with van der Waals surface area (Å²) in [6, 6.07) is 7.63. The Hall–Kier alpha value is -2.12. The summed E-state index contributed by atoms with van der Waals surface area (Å²) in [4.78, 5) is 32.6. The topological polar surface area (TPSA) is 64.0 Å². The molecule has 5 nitrogen and oxygen atoms in total. The number of aromatic nitrogens is 2. The highest BCUT2D eigenvalue weighted by molar-refractivity contribution is 7.98. The Morgan fingerprint density at radius 1 is 1.32 bits per heavy atom. The van der Waals surface area contributed by atoms with E-state index in [1.54, 1.807) is 23.1 Å². The lowest BCUT2D eigenvalue weighted by Gasteiger charge is -2.08. The Balaban J connectivity index is 1.56. The monoisotopic (exact) mass is 371 g/mol. The van der Waals surface area contributed by atoms with Gasteiger partial charge < -0.3 is 5.32 Å². The van der Waals surface area contributed by atoms with Gasteiger partial charge in [-0.1, -0.05) is 0 Å². The number of benzene rings is 1. The van der Waals surface area contributed by atoms with E-state index < -0.39 is 0 Å². The Kier molecular flexibility index (Phi) is 4.35. The molecule has 0 fully saturated rings. The molecule has 25 heavy (non-hydrogen) atoms. The van der Waals surface area contributed by atoms with Crippen LogP contribution >= 0.6 is 23.1 Å². The quantitative estimate of drug-likeness (QED) is 0.715. The summed E-state index contributed by atoms with van der Waals surface area (Å²) < 4.78 is 1.40. The molecule has 0 radical (unpaired) electrons. The first-order valence-corrected chi connectivity index (χ1v) is 10.1. The molecule has 0 saturated carbocycles. The fraction of sp³-hybridized carbons (Fsp3) is 0.278. The first kappa shape index (κ1) is 16.4. The number of nitrogens with zero attached hydrogens (tertiary/aromatic N) is 2. The molecule has 1 amide bonds. The summed E-state index contributed by atoms with van der Waals surface area (Å²) in [5, 5.41) is 3.54. The SMILES string of the molecule is CSc1ccc(NC(=O)Cn2cnc3sc4c(c3c2=O)CCC4)cc1. The number of nitrogens with one attached hydrogen (secondary N) is 1. The first-order chi connectivity index (χ1) is 12.2. The van der Waals surface area contributed by atoms with Crippen LogP contribution in [0.2, 0.25) is 0 Å². The fourth-order valence-electron chi connectivity index (χ4n) is 3.16. The molecule has 0 unspecified atom stereocenters. The van der Waals surface area contributed by atoms with E-state index in [4.69, 9.17) is 0 Å². The second-order valence-electron chi connectivity index (χ2n) is 5.99. The number of amides is 1. The summed E-state index contributed by atoms with van der Waals surface area (Å²) in [5.74, 6) is -0.230. The van der Waals surface area contributed by atoms with Gasteiger partial charge >= 0.3 is 0 Å². The molecule has 4 rings (SSSR count). The average molecular weight is 371 g/mol. The Labute approximate surface area is 153 Å². The van der Waals surface area contributed by atoms with E-state index in [9.17, 15) is 9.59 Å². The number of thioether (sulfide) groups is 1. The van der Waals surface area contributed by atoms with Crippen molar-refractivity contribution in [3.63, 3.8) is 0 Å². The lowest BCUT2D eigenvalue weighted by molar-refractivity contribution is -0.116. The smallest absolute Gasteiger partial charge is 0.262 e. The van der Waals surface area contributed by atoms with E-state index in [2.05, 4.69) is 10.3 Å². The largest absolute Gasteiger partial charge is 0.325 e. The maximum absolute atomic E-state index is 12.8. The molecule has 0 atom stereocenters. The number of aryl methyl sites for hydroxylation is 2. The molecule has 0 bridgehead atoms. The van der Waals surface area contributed by atoms with Crippen LogP contribution in [0.25, 0.3) is 10.2 Å². The van der Waals surface area contributed by atoms with Gasteiger partial charge in [0.1, 0.15) is 11.4 Å². The summed E-state index contributed by atoms with van der Waals surface area (Å²) in [7, 11) is 0. The van der Waals surface area contributed by atoms with Crippen molar-refractivity contribution in [2.45, 2.75) is 30.7 Å². The highest BCUT2D eigenvalue weighted by atomic mass is 32.2. The third-order valence-electron chi connectivity index (χ3n) is 4.38. The van der Waals surface area contributed by atoms with Crippen molar-refractivity contribution in [2.24, 2.45) is 0 Å². The lowest BCUT2D eigenvalue weighted by Crippen LogP contribution is -2.28. The van der Waals surface area contributed by atoms with Gasteiger partial charge in [-0.15, -0.1) is 23.1 Å². The third-order valence-corrected chi connectivity index (χ3v) is 6.32.